The number of halogens is 1. The molecule has 7 heteroatoms. The third kappa shape index (κ3) is 2.67. The number of aldehydes is 1. The van der Waals surface area contributed by atoms with Crippen LogP contribution in [0.15, 0.2) is 29.1 Å². The van der Waals surface area contributed by atoms with Crippen molar-refractivity contribution >= 4 is 17.2 Å². The number of aromatic nitrogens is 2. The van der Waals surface area contributed by atoms with Gasteiger partial charge >= 0.3 is 0 Å². The van der Waals surface area contributed by atoms with Gasteiger partial charge in [-0.3, -0.25) is 4.79 Å². The zero-order valence-electron chi connectivity index (χ0n) is 14.8. The van der Waals surface area contributed by atoms with E-state index < -0.39 is 6.10 Å². The van der Waals surface area contributed by atoms with Gasteiger partial charge in [-0.25, -0.2) is 9.37 Å². The zero-order chi connectivity index (χ0) is 19.3. The minimum atomic E-state index is -1.43. The number of carbonyl (C=O) groups is 1. The topological polar surface area (TPSA) is 81.4 Å². The fourth-order valence-corrected chi connectivity index (χ4v) is 3.55. The van der Waals surface area contributed by atoms with Crippen molar-refractivity contribution in [1.29, 1.82) is 0 Å². The Morgan fingerprint density at radius 3 is 2.85 bits per heavy atom. The van der Waals surface area contributed by atoms with Crippen molar-refractivity contribution in [2.45, 2.75) is 26.2 Å². The molecule has 1 aliphatic rings. The number of aliphatic hydroxyl groups is 1. The van der Waals surface area contributed by atoms with Crippen molar-refractivity contribution in [3.05, 3.63) is 62.7 Å². The van der Waals surface area contributed by atoms with Gasteiger partial charge in [0.2, 0.25) is 0 Å². The number of benzene rings is 1. The summed E-state index contributed by atoms with van der Waals surface area (Å²) in [7, 11) is 1.44. The van der Waals surface area contributed by atoms with Crippen molar-refractivity contribution in [2.24, 2.45) is 0 Å². The molecular weight excluding hydrogens is 351 g/mol. The lowest BCUT2D eigenvalue weighted by molar-refractivity contribution is -0.115. The maximum absolute atomic E-state index is 13.9. The van der Waals surface area contributed by atoms with Gasteiger partial charge in [-0.15, -0.1) is 0 Å². The highest BCUT2D eigenvalue weighted by molar-refractivity contribution is 5.84. The maximum Gasteiger partial charge on any atom is 0.257 e. The first-order chi connectivity index (χ1) is 12.9. The lowest BCUT2D eigenvalue weighted by Crippen LogP contribution is -2.26. The minimum Gasteiger partial charge on any atom is -0.381 e. The Morgan fingerprint density at radius 2 is 2.15 bits per heavy atom. The number of nitrogens with zero attached hydrogens (tertiary/aromatic N) is 2. The van der Waals surface area contributed by atoms with Crippen LogP contribution in [0.25, 0.3) is 22.3 Å². The van der Waals surface area contributed by atoms with Crippen LogP contribution in [0.1, 0.15) is 28.4 Å². The third-order valence-electron chi connectivity index (χ3n) is 4.92. The van der Waals surface area contributed by atoms with Crippen LogP contribution in [-0.4, -0.2) is 28.1 Å². The van der Waals surface area contributed by atoms with Crippen molar-refractivity contribution in [1.82, 2.24) is 9.55 Å². The number of pyridine rings is 2. The highest BCUT2D eigenvalue weighted by atomic mass is 19.1. The summed E-state index contributed by atoms with van der Waals surface area (Å²) in [5.41, 5.74) is 2.97. The van der Waals surface area contributed by atoms with Crippen molar-refractivity contribution in [3.8, 4) is 11.4 Å². The molecule has 0 saturated heterocycles. The fraction of sp³-hybridized carbons (Fsp3) is 0.250. The number of aryl methyl sites for hydroxylation is 1. The van der Waals surface area contributed by atoms with E-state index >= 15 is 0 Å². The summed E-state index contributed by atoms with van der Waals surface area (Å²) < 4.78 is 20.5. The van der Waals surface area contributed by atoms with Gasteiger partial charge < -0.3 is 19.2 Å². The van der Waals surface area contributed by atoms with Gasteiger partial charge in [-0.1, -0.05) is 0 Å². The van der Waals surface area contributed by atoms with E-state index in [1.807, 2.05) is 6.07 Å². The van der Waals surface area contributed by atoms with Crippen LogP contribution >= 0.6 is 0 Å². The second-order valence-electron chi connectivity index (χ2n) is 6.66. The highest BCUT2D eigenvalue weighted by Gasteiger charge is 2.27. The van der Waals surface area contributed by atoms with Crippen molar-refractivity contribution in [2.75, 3.05) is 7.11 Å². The number of aliphatic hydroxyl groups excluding tert-OH is 1. The molecule has 1 aliphatic heterocycles. The molecule has 3 aromatic rings. The summed E-state index contributed by atoms with van der Waals surface area (Å²) in [6, 6.07) is 6.57. The average molecular weight is 368 g/mol. The van der Waals surface area contributed by atoms with E-state index in [1.54, 1.807) is 19.1 Å². The first-order valence-corrected chi connectivity index (χ1v) is 8.43. The number of ether oxygens (including phenoxy) is 1. The van der Waals surface area contributed by atoms with E-state index in [4.69, 9.17) is 4.74 Å². The van der Waals surface area contributed by atoms with Crippen LogP contribution in [0, 0.1) is 12.7 Å². The van der Waals surface area contributed by atoms with Gasteiger partial charge in [-0.2, -0.15) is 0 Å². The normalized spacial score (nSPS) is 13.5. The van der Waals surface area contributed by atoms with E-state index in [1.165, 1.54) is 17.7 Å². The van der Waals surface area contributed by atoms with Crippen LogP contribution in [0.5, 0.6) is 0 Å². The Balaban J connectivity index is 1.98. The predicted molar refractivity (Wildman–Crippen MR) is 97.0 cm³/mol. The van der Waals surface area contributed by atoms with Crippen LogP contribution in [0.2, 0.25) is 0 Å². The molecule has 138 valence electrons. The van der Waals surface area contributed by atoms with Gasteiger partial charge in [0.25, 0.3) is 5.56 Å². The van der Waals surface area contributed by atoms with Gasteiger partial charge in [0.05, 0.1) is 30.1 Å². The second-order valence-corrected chi connectivity index (χ2v) is 6.66. The first-order valence-electron chi connectivity index (χ1n) is 8.43. The molecule has 1 aromatic carbocycles. The molecular formula is C20H17FN2O4. The summed E-state index contributed by atoms with van der Waals surface area (Å²) in [6.45, 7) is 1.98. The Kier molecular flexibility index (Phi) is 4.13. The molecule has 4 rings (SSSR count). The lowest BCUT2D eigenvalue weighted by Gasteiger charge is -2.14. The number of methoxy groups -OCH3 is 1. The molecule has 0 amide bonds. The number of hydrogen-bond donors (Lipinski definition) is 1. The maximum atomic E-state index is 13.9. The minimum absolute atomic E-state index is 0.0184. The van der Waals surface area contributed by atoms with E-state index in [0.717, 1.165) is 10.9 Å². The smallest absolute Gasteiger partial charge is 0.257 e. The molecule has 1 N–H and O–H groups in total. The molecule has 6 nitrogen and oxygen atoms in total. The van der Waals surface area contributed by atoms with Crippen molar-refractivity contribution < 1.29 is 19.0 Å². The molecule has 0 saturated carbocycles. The second kappa shape index (κ2) is 6.37. The van der Waals surface area contributed by atoms with Crippen LogP contribution < -0.4 is 5.56 Å². The molecule has 1 atom stereocenters. The van der Waals surface area contributed by atoms with E-state index in [-0.39, 0.29) is 29.1 Å². The molecule has 0 fully saturated rings. The molecule has 27 heavy (non-hydrogen) atoms. The predicted octanol–water partition coefficient (Wildman–Crippen LogP) is 2.25. The number of fused-ring (bicyclic) bond motifs is 4. The summed E-state index contributed by atoms with van der Waals surface area (Å²) in [5, 5.41) is 10.8. The van der Waals surface area contributed by atoms with Gasteiger partial charge in [0.15, 0.2) is 6.29 Å². The van der Waals surface area contributed by atoms with Crippen LogP contribution in [0.4, 0.5) is 4.39 Å². The van der Waals surface area contributed by atoms with Crippen molar-refractivity contribution in [3.63, 3.8) is 0 Å². The zero-order valence-corrected chi connectivity index (χ0v) is 14.8. The van der Waals surface area contributed by atoms with Crippen LogP contribution in [-0.2, 0) is 22.7 Å². The molecule has 1 unspecified atom stereocenters. The number of carbonyl (C=O) groups excluding carboxylic acids is 1. The fourth-order valence-electron chi connectivity index (χ4n) is 3.55. The molecule has 0 bridgehead atoms. The van der Waals surface area contributed by atoms with E-state index in [9.17, 15) is 19.1 Å². The molecule has 0 radical (unpaired) electrons. The Bertz CT molecular complexity index is 1150. The number of rotatable bonds is 4. The lowest BCUT2D eigenvalue weighted by atomic mass is 10.0. The third-order valence-corrected chi connectivity index (χ3v) is 4.92. The Labute approximate surface area is 153 Å². The largest absolute Gasteiger partial charge is 0.381 e. The monoisotopic (exact) mass is 368 g/mol. The molecule has 0 spiro atoms. The number of hydrogen-bond acceptors (Lipinski definition) is 5. The quantitative estimate of drug-likeness (QED) is 0.559. The first kappa shape index (κ1) is 17.5. The van der Waals surface area contributed by atoms with Gasteiger partial charge in [0, 0.05) is 35.3 Å². The molecule has 3 heterocycles. The average Bonchev–Trinajstić information content (AvgIpc) is 3.00. The summed E-state index contributed by atoms with van der Waals surface area (Å²) in [4.78, 5) is 28.6. The Morgan fingerprint density at radius 1 is 1.37 bits per heavy atom. The summed E-state index contributed by atoms with van der Waals surface area (Å²) in [6.07, 6.45) is -1.06. The Hall–Kier alpha value is -2.90. The van der Waals surface area contributed by atoms with E-state index in [2.05, 4.69) is 4.98 Å². The highest BCUT2D eigenvalue weighted by Crippen LogP contribution is 2.34. The molecule has 0 aliphatic carbocycles. The standard InChI is InChI=1S/C20H17FN2O4/c1-10-3-11-4-12-7-23-17(19(12)22-16(11)6-15(10)21)5-13(18(25)8-24)14(9-27-2)20(23)26/h3-6,8,18,25H,7,9H2,1-2H3. The van der Waals surface area contributed by atoms with Gasteiger partial charge in [-0.05, 0) is 30.7 Å². The summed E-state index contributed by atoms with van der Waals surface area (Å²) in [5.74, 6) is -0.349. The SMILES string of the molecule is COCc1c(C(O)C=O)cc2n(c1=O)Cc1cc3cc(C)c(F)cc3nc1-2. The van der Waals surface area contributed by atoms with Gasteiger partial charge in [0.1, 0.15) is 11.9 Å². The molecule has 2 aromatic heterocycles. The van der Waals surface area contributed by atoms with E-state index in [0.29, 0.717) is 35.3 Å². The summed E-state index contributed by atoms with van der Waals surface area (Å²) >= 11 is 0. The van der Waals surface area contributed by atoms with Crippen LogP contribution in [0.3, 0.4) is 0 Å².